The molecule has 2 rings (SSSR count). The van der Waals surface area contributed by atoms with Crippen molar-refractivity contribution in [3.05, 3.63) is 41.0 Å². The first kappa shape index (κ1) is 8.17. The van der Waals surface area contributed by atoms with Crippen molar-refractivity contribution in [2.45, 2.75) is 20.3 Å². The highest BCUT2D eigenvalue weighted by molar-refractivity contribution is 5.55. The minimum Gasteiger partial charge on any atom is -0.241 e. The SMILES string of the molecule is CC1=CC=Cc2ncnc(C)c2C1. The summed E-state index contributed by atoms with van der Waals surface area (Å²) in [5.74, 6) is 0. The van der Waals surface area contributed by atoms with Crippen molar-refractivity contribution >= 4 is 6.08 Å². The molecule has 0 fully saturated rings. The molecule has 0 amide bonds. The van der Waals surface area contributed by atoms with E-state index in [1.54, 1.807) is 6.33 Å². The molecular formula is C11H12N2. The molecule has 1 aromatic rings. The summed E-state index contributed by atoms with van der Waals surface area (Å²) in [5.41, 5.74) is 4.75. The largest absolute Gasteiger partial charge is 0.241 e. The Labute approximate surface area is 78.0 Å². The molecule has 0 radical (unpaired) electrons. The van der Waals surface area contributed by atoms with Crippen LogP contribution in [0.3, 0.4) is 0 Å². The number of rotatable bonds is 0. The summed E-state index contributed by atoms with van der Waals surface area (Å²) in [6.45, 7) is 4.17. The number of aryl methyl sites for hydroxylation is 1. The van der Waals surface area contributed by atoms with Crippen molar-refractivity contribution in [3.8, 4) is 0 Å². The van der Waals surface area contributed by atoms with Gasteiger partial charge in [0.1, 0.15) is 6.33 Å². The monoisotopic (exact) mass is 172 g/mol. The van der Waals surface area contributed by atoms with Gasteiger partial charge in [-0.2, -0.15) is 0 Å². The molecular weight excluding hydrogens is 160 g/mol. The molecule has 2 heteroatoms. The van der Waals surface area contributed by atoms with Crippen molar-refractivity contribution in [3.63, 3.8) is 0 Å². The highest BCUT2D eigenvalue weighted by Gasteiger charge is 2.07. The lowest BCUT2D eigenvalue weighted by Crippen LogP contribution is -1.98. The van der Waals surface area contributed by atoms with E-state index in [2.05, 4.69) is 23.0 Å². The molecule has 0 saturated heterocycles. The quantitative estimate of drug-likeness (QED) is 0.600. The first-order valence-corrected chi connectivity index (χ1v) is 4.41. The van der Waals surface area contributed by atoms with Crippen LogP contribution in [0.25, 0.3) is 6.08 Å². The van der Waals surface area contributed by atoms with Crippen LogP contribution >= 0.6 is 0 Å². The van der Waals surface area contributed by atoms with E-state index in [0.29, 0.717) is 0 Å². The molecule has 0 N–H and O–H groups in total. The number of hydrogen-bond donors (Lipinski definition) is 0. The Morgan fingerprint density at radius 3 is 2.92 bits per heavy atom. The van der Waals surface area contributed by atoms with E-state index < -0.39 is 0 Å². The maximum atomic E-state index is 4.24. The van der Waals surface area contributed by atoms with Crippen molar-refractivity contribution in [1.82, 2.24) is 9.97 Å². The number of nitrogens with zero attached hydrogens (tertiary/aromatic N) is 2. The second-order valence-electron chi connectivity index (χ2n) is 3.37. The van der Waals surface area contributed by atoms with Crippen LogP contribution < -0.4 is 0 Å². The zero-order chi connectivity index (χ0) is 9.26. The van der Waals surface area contributed by atoms with Gasteiger partial charge in [-0.05, 0) is 26.3 Å². The first-order valence-electron chi connectivity index (χ1n) is 4.41. The fraction of sp³-hybridized carbons (Fsp3) is 0.273. The Hall–Kier alpha value is -1.44. The smallest absolute Gasteiger partial charge is 0.116 e. The Balaban J connectivity index is 2.57. The summed E-state index contributed by atoms with van der Waals surface area (Å²) in [4.78, 5) is 8.44. The summed E-state index contributed by atoms with van der Waals surface area (Å²) in [5, 5.41) is 0. The van der Waals surface area contributed by atoms with Gasteiger partial charge in [0, 0.05) is 11.3 Å². The molecule has 0 aliphatic heterocycles. The minimum absolute atomic E-state index is 0.967. The number of hydrogen-bond acceptors (Lipinski definition) is 2. The van der Waals surface area contributed by atoms with E-state index in [4.69, 9.17) is 0 Å². The third-order valence-corrected chi connectivity index (χ3v) is 2.28. The highest BCUT2D eigenvalue weighted by atomic mass is 14.8. The third-order valence-electron chi connectivity index (χ3n) is 2.28. The van der Waals surface area contributed by atoms with Gasteiger partial charge in [0.25, 0.3) is 0 Å². The predicted octanol–water partition coefficient (Wildman–Crippen LogP) is 2.30. The topological polar surface area (TPSA) is 25.8 Å². The van der Waals surface area contributed by atoms with E-state index >= 15 is 0 Å². The van der Waals surface area contributed by atoms with Crippen LogP contribution in [0, 0.1) is 6.92 Å². The van der Waals surface area contributed by atoms with Crippen LogP contribution in [0.4, 0.5) is 0 Å². The maximum Gasteiger partial charge on any atom is 0.116 e. The van der Waals surface area contributed by atoms with Crippen LogP contribution in [0.2, 0.25) is 0 Å². The van der Waals surface area contributed by atoms with Crippen LogP contribution in [0.15, 0.2) is 24.1 Å². The standard InChI is InChI=1S/C11H12N2/c1-8-4-3-5-11-10(6-8)9(2)12-7-13-11/h3-5,7H,6H2,1-2H3. The lowest BCUT2D eigenvalue weighted by Gasteiger charge is -2.05. The lowest BCUT2D eigenvalue weighted by molar-refractivity contribution is 0.996. The molecule has 1 aliphatic rings. The predicted molar refractivity (Wildman–Crippen MR) is 53.3 cm³/mol. The molecule has 0 spiro atoms. The van der Waals surface area contributed by atoms with E-state index in [9.17, 15) is 0 Å². The Morgan fingerprint density at radius 2 is 2.08 bits per heavy atom. The maximum absolute atomic E-state index is 4.24. The molecule has 0 unspecified atom stereocenters. The second kappa shape index (κ2) is 3.13. The van der Waals surface area contributed by atoms with Crippen LogP contribution in [0.1, 0.15) is 23.9 Å². The molecule has 0 saturated carbocycles. The van der Waals surface area contributed by atoms with Crippen molar-refractivity contribution < 1.29 is 0 Å². The summed E-state index contributed by atoms with van der Waals surface area (Å²) in [6.07, 6.45) is 8.81. The molecule has 1 heterocycles. The minimum atomic E-state index is 0.967. The van der Waals surface area contributed by atoms with Gasteiger partial charge in [-0.1, -0.05) is 17.7 Å². The summed E-state index contributed by atoms with van der Waals surface area (Å²) < 4.78 is 0. The molecule has 0 aromatic carbocycles. The van der Waals surface area contributed by atoms with Crippen molar-refractivity contribution in [1.29, 1.82) is 0 Å². The Kier molecular flexibility index (Phi) is 1.97. The van der Waals surface area contributed by atoms with Crippen LogP contribution in [-0.4, -0.2) is 9.97 Å². The van der Waals surface area contributed by atoms with E-state index in [1.165, 1.54) is 11.1 Å². The normalized spacial score (nSPS) is 14.8. The van der Waals surface area contributed by atoms with E-state index in [1.807, 2.05) is 19.1 Å². The summed E-state index contributed by atoms with van der Waals surface area (Å²) in [6, 6.07) is 0. The average molecular weight is 172 g/mol. The van der Waals surface area contributed by atoms with Gasteiger partial charge >= 0.3 is 0 Å². The molecule has 0 atom stereocenters. The fourth-order valence-electron chi connectivity index (χ4n) is 1.52. The molecule has 13 heavy (non-hydrogen) atoms. The average Bonchev–Trinajstić information content (AvgIpc) is 2.28. The van der Waals surface area contributed by atoms with Crippen molar-refractivity contribution in [2.24, 2.45) is 0 Å². The lowest BCUT2D eigenvalue weighted by atomic mass is 10.1. The molecule has 1 aromatic heterocycles. The zero-order valence-electron chi connectivity index (χ0n) is 7.91. The Bertz CT molecular complexity index is 389. The second-order valence-corrected chi connectivity index (χ2v) is 3.37. The van der Waals surface area contributed by atoms with Crippen molar-refractivity contribution in [2.75, 3.05) is 0 Å². The van der Waals surface area contributed by atoms with E-state index in [0.717, 1.165) is 17.8 Å². The van der Waals surface area contributed by atoms with Gasteiger partial charge in [0.2, 0.25) is 0 Å². The van der Waals surface area contributed by atoms with Gasteiger partial charge in [-0.25, -0.2) is 9.97 Å². The van der Waals surface area contributed by atoms with Gasteiger partial charge in [0.15, 0.2) is 0 Å². The Morgan fingerprint density at radius 1 is 1.23 bits per heavy atom. The number of fused-ring (bicyclic) bond motifs is 1. The molecule has 1 aliphatic carbocycles. The molecule has 2 nitrogen and oxygen atoms in total. The summed E-state index contributed by atoms with van der Waals surface area (Å²) >= 11 is 0. The van der Waals surface area contributed by atoms with E-state index in [-0.39, 0.29) is 0 Å². The summed E-state index contributed by atoms with van der Waals surface area (Å²) in [7, 11) is 0. The van der Waals surface area contributed by atoms with Gasteiger partial charge in [0.05, 0.1) is 5.69 Å². The number of allylic oxidation sites excluding steroid dienone is 3. The van der Waals surface area contributed by atoms with Crippen LogP contribution in [0.5, 0.6) is 0 Å². The first-order chi connectivity index (χ1) is 6.27. The van der Waals surface area contributed by atoms with Crippen LogP contribution in [-0.2, 0) is 6.42 Å². The highest BCUT2D eigenvalue weighted by Crippen LogP contribution is 2.18. The fourth-order valence-corrected chi connectivity index (χ4v) is 1.52. The van der Waals surface area contributed by atoms with Gasteiger partial charge < -0.3 is 0 Å². The van der Waals surface area contributed by atoms with Gasteiger partial charge in [-0.3, -0.25) is 0 Å². The molecule has 66 valence electrons. The zero-order valence-corrected chi connectivity index (χ0v) is 7.91. The number of aromatic nitrogens is 2. The molecule has 0 bridgehead atoms. The third kappa shape index (κ3) is 1.52. The van der Waals surface area contributed by atoms with Gasteiger partial charge in [-0.15, -0.1) is 0 Å².